The van der Waals surface area contributed by atoms with Crippen LogP contribution in [0.25, 0.3) is 0 Å². The third kappa shape index (κ3) is 4.13. The van der Waals surface area contributed by atoms with E-state index < -0.39 is 0 Å². The molecule has 9 heteroatoms. The summed E-state index contributed by atoms with van der Waals surface area (Å²) >= 11 is 0. The lowest BCUT2D eigenvalue weighted by Gasteiger charge is -2.33. The number of carbonyl (C=O) groups excluding carboxylic acids is 2. The lowest BCUT2D eigenvalue weighted by Crippen LogP contribution is -2.41. The summed E-state index contributed by atoms with van der Waals surface area (Å²) in [6.45, 7) is 3.47. The predicted molar refractivity (Wildman–Crippen MR) is 103 cm³/mol. The van der Waals surface area contributed by atoms with E-state index in [0.29, 0.717) is 31.0 Å². The maximum Gasteiger partial charge on any atom is 0.274 e. The molecule has 2 amide bonds. The summed E-state index contributed by atoms with van der Waals surface area (Å²) in [7, 11) is 0. The summed E-state index contributed by atoms with van der Waals surface area (Å²) < 4.78 is 2.01. The third-order valence-electron chi connectivity index (χ3n) is 4.86. The Labute approximate surface area is 167 Å². The number of aromatic nitrogens is 5. The van der Waals surface area contributed by atoms with Crippen LogP contribution in [0.5, 0.6) is 0 Å². The number of imidazole rings is 1. The highest BCUT2D eigenvalue weighted by atomic mass is 16.2. The van der Waals surface area contributed by atoms with E-state index in [2.05, 4.69) is 25.3 Å². The second-order valence-corrected chi connectivity index (χ2v) is 6.82. The first-order valence-electron chi connectivity index (χ1n) is 9.41. The Hall–Kier alpha value is -3.62. The molecule has 0 unspecified atom stereocenters. The van der Waals surface area contributed by atoms with Crippen LogP contribution in [0, 0.1) is 0 Å². The van der Waals surface area contributed by atoms with Crippen molar-refractivity contribution in [2.24, 2.45) is 0 Å². The highest BCUT2D eigenvalue weighted by molar-refractivity contribution is 5.92. The van der Waals surface area contributed by atoms with Crippen LogP contribution in [0.2, 0.25) is 0 Å². The van der Waals surface area contributed by atoms with Crippen LogP contribution in [0.4, 0.5) is 0 Å². The van der Waals surface area contributed by atoms with E-state index in [0.717, 1.165) is 11.5 Å². The Bertz CT molecular complexity index is 1000. The first-order valence-corrected chi connectivity index (χ1v) is 9.41. The topological polar surface area (TPSA) is 106 Å². The largest absolute Gasteiger partial charge is 0.350 e. The zero-order chi connectivity index (χ0) is 20.2. The number of carbonyl (C=O) groups is 2. The van der Waals surface area contributed by atoms with Crippen molar-refractivity contribution in [1.29, 1.82) is 0 Å². The van der Waals surface area contributed by atoms with Crippen LogP contribution in [0.1, 0.15) is 40.7 Å². The van der Waals surface area contributed by atoms with Gasteiger partial charge in [-0.25, -0.2) is 9.97 Å². The minimum absolute atomic E-state index is 0.119. The summed E-state index contributed by atoms with van der Waals surface area (Å²) in [6.07, 6.45) is 8.26. The van der Waals surface area contributed by atoms with Crippen molar-refractivity contribution >= 4 is 11.8 Å². The Morgan fingerprint density at radius 2 is 2.03 bits per heavy atom. The zero-order valence-corrected chi connectivity index (χ0v) is 16.0. The Morgan fingerprint density at radius 3 is 2.79 bits per heavy atom. The summed E-state index contributed by atoms with van der Waals surface area (Å²) in [5.41, 5.74) is 1.80. The van der Waals surface area contributed by atoms with E-state index in [9.17, 15) is 9.59 Å². The quantitative estimate of drug-likeness (QED) is 0.699. The van der Waals surface area contributed by atoms with Crippen molar-refractivity contribution < 1.29 is 9.59 Å². The van der Waals surface area contributed by atoms with Crippen molar-refractivity contribution in [3.05, 3.63) is 72.1 Å². The molecule has 1 N–H and O–H groups in total. The molecule has 1 aliphatic heterocycles. The average molecular weight is 391 g/mol. The molecule has 4 heterocycles. The second kappa shape index (κ2) is 8.17. The number of hydrogen-bond donors (Lipinski definition) is 1. The molecule has 0 aromatic carbocycles. The van der Waals surface area contributed by atoms with Crippen LogP contribution >= 0.6 is 0 Å². The number of nitrogens with one attached hydrogen (secondary N) is 1. The first kappa shape index (κ1) is 18.7. The number of pyridine rings is 1. The van der Waals surface area contributed by atoms with E-state index >= 15 is 0 Å². The summed E-state index contributed by atoms with van der Waals surface area (Å²) in [6, 6.07) is 5.36. The molecule has 0 aliphatic carbocycles. The van der Waals surface area contributed by atoms with Gasteiger partial charge in [-0.3, -0.25) is 19.6 Å². The Balaban J connectivity index is 1.41. The van der Waals surface area contributed by atoms with Gasteiger partial charge in [-0.2, -0.15) is 0 Å². The first-order chi connectivity index (χ1) is 14.1. The molecule has 148 valence electrons. The SMILES string of the molecule is C[C@@H]1c2nc(CC(=O)NCc3ccccn3)cn2CCN1C(=O)c1cnccn1. The van der Waals surface area contributed by atoms with Crippen LogP contribution in [0.15, 0.2) is 49.2 Å². The smallest absolute Gasteiger partial charge is 0.274 e. The molecule has 29 heavy (non-hydrogen) atoms. The van der Waals surface area contributed by atoms with Gasteiger partial charge in [0.15, 0.2) is 0 Å². The lowest BCUT2D eigenvalue weighted by molar-refractivity contribution is -0.120. The van der Waals surface area contributed by atoms with E-state index in [1.807, 2.05) is 35.9 Å². The molecule has 0 fully saturated rings. The summed E-state index contributed by atoms with van der Waals surface area (Å²) in [4.78, 5) is 43.6. The maximum atomic E-state index is 12.7. The fourth-order valence-electron chi connectivity index (χ4n) is 3.39. The van der Waals surface area contributed by atoms with Crippen molar-refractivity contribution in [2.45, 2.75) is 32.5 Å². The zero-order valence-electron chi connectivity index (χ0n) is 16.0. The van der Waals surface area contributed by atoms with Gasteiger partial charge in [0.2, 0.25) is 5.91 Å². The van der Waals surface area contributed by atoms with Gasteiger partial charge in [0.05, 0.1) is 36.6 Å². The van der Waals surface area contributed by atoms with Gasteiger partial charge < -0.3 is 14.8 Å². The Kier molecular flexibility index (Phi) is 5.28. The standard InChI is InChI=1S/C20H21N7O2/c1-14-19-25-16(10-18(28)24-11-15-4-2-3-5-22-15)13-26(19)8-9-27(14)20(29)17-12-21-6-7-23-17/h2-7,12-14H,8-11H2,1H3,(H,24,28)/t14-/m1/s1. The van der Waals surface area contributed by atoms with Crippen molar-refractivity contribution in [3.63, 3.8) is 0 Å². The highest BCUT2D eigenvalue weighted by Crippen LogP contribution is 2.26. The summed E-state index contributed by atoms with van der Waals surface area (Å²) in [5.74, 6) is 0.474. The van der Waals surface area contributed by atoms with E-state index in [-0.39, 0.29) is 24.3 Å². The van der Waals surface area contributed by atoms with Gasteiger partial charge in [0.25, 0.3) is 5.91 Å². The third-order valence-corrected chi connectivity index (χ3v) is 4.86. The molecule has 0 spiro atoms. The minimum Gasteiger partial charge on any atom is -0.350 e. The molecule has 0 bridgehead atoms. The van der Waals surface area contributed by atoms with E-state index in [1.54, 1.807) is 11.1 Å². The molecular formula is C20H21N7O2. The molecule has 3 aromatic rings. The molecule has 0 radical (unpaired) electrons. The maximum absolute atomic E-state index is 12.7. The van der Waals surface area contributed by atoms with Gasteiger partial charge in [0, 0.05) is 37.9 Å². The van der Waals surface area contributed by atoms with Crippen LogP contribution in [-0.2, 0) is 24.3 Å². The van der Waals surface area contributed by atoms with Gasteiger partial charge in [-0.05, 0) is 19.1 Å². The molecular weight excluding hydrogens is 370 g/mol. The molecule has 1 atom stereocenters. The monoisotopic (exact) mass is 391 g/mol. The molecule has 3 aromatic heterocycles. The number of rotatable bonds is 5. The van der Waals surface area contributed by atoms with Crippen molar-refractivity contribution in [3.8, 4) is 0 Å². The fraction of sp³-hybridized carbons (Fsp3) is 0.300. The van der Waals surface area contributed by atoms with Gasteiger partial charge in [-0.1, -0.05) is 6.07 Å². The number of nitrogens with zero attached hydrogens (tertiary/aromatic N) is 6. The molecule has 0 saturated carbocycles. The number of amides is 2. The van der Waals surface area contributed by atoms with Crippen LogP contribution in [-0.4, -0.2) is 47.8 Å². The molecule has 0 saturated heterocycles. The van der Waals surface area contributed by atoms with Gasteiger partial charge in [-0.15, -0.1) is 0 Å². The number of fused-ring (bicyclic) bond motifs is 1. The fourth-order valence-corrected chi connectivity index (χ4v) is 3.39. The van der Waals surface area contributed by atoms with E-state index in [1.165, 1.54) is 18.6 Å². The normalized spacial score (nSPS) is 15.6. The van der Waals surface area contributed by atoms with Crippen molar-refractivity contribution in [2.75, 3.05) is 6.54 Å². The summed E-state index contributed by atoms with van der Waals surface area (Å²) in [5, 5.41) is 2.86. The van der Waals surface area contributed by atoms with E-state index in [4.69, 9.17) is 0 Å². The van der Waals surface area contributed by atoms with Gasteiger partial charge in [0.1, 0.15) is 11.5 Å². The lowest BCUT2D eigenvalue weighted by atomic mass is 10.2. The number of hydrogen-bond acceptors (Lipinski definition) is 6. The van der Waals surface area contributed by atoms with Gasteiger partial charge >= 0.3 is 0 Å². The molecule has 9 nitrogen and oxygen atoms in total. The average Bonchev–Trinajstić information content (AvgIpc) is 3.17. The Morgan fingerprint density at radius 1 is 1.14 bits per heavy atom. The highest BCUT2D eigenvalue weighted by Gasteiger charge is 2.31. The van der Waals surface area contributed by atoms with Crippen LogP contribution in [0.3, 0.4) is 0 Å². The van der Waals surface area contributed by atoms with Crippen LogP contribution < -0.4 is 5.32 Å². The minimum atomic E-state index is -0.219. The molecule has 1 aliphatic rings. The molecule has 4 rings (SSSR count). The second-order valence-electron chi connectivity index (χ2n) is 6.82. The van der Waals surface area contributed by atoms with Crippen molar-refractivity contribution in [1.82, 2.24) is 34.7 Å². The predicted octanol–water partition coefficient (Wildman–Crippen LogP) is 1.14.